The van der Waals surface area contributed by atoms with Crippen molar-refractivity contribution < 1.29 is 13.9 Å². The summed E-state index contributed by atoms with van der Waals surface area (Å²) in [6, 6.07) is 6.17. The largest absolute Gasteiger partial charge is 0.442 e. The van der Waals surface area contributed by atoms with Gasteiger partial charge in [0.2, 0.25) is 0 Å². The van der Waals surface area contributed by atoms with Gasteiger partial charge in [0.15, 0.2) is 0 Å². The van der Waals surface area contributed by atoms with Crippen LogP contribution in [0.4, 0.5) is 9.18 Å². The van der Waals surface area contributed by atoms with E-state index in [0.29, 0.717) is 0 Å². The molecule has 0 saturated heterocycles. The molecule has 1 amide bonds. The van der Waals surface area contributed by atoms with Gasteiger partial charge in [-0.15, -0.1) is 0 Å². The van der Waals surface area contributed by atoms with Crippen molar-refractivity contribution in [1.29, 1.82) is 5.26 Å². The lowest BCUT2D eigenvalue weighted by molar-refractivity contribution is 0.0983. The molecule has 1 unspecified atom stereocenters. The molecule has 1 aromatic rings. The first-order valence-corrected chi connectivity index (χ1v) is 5.92. The fourth-order valence-corrected chi connectivity index (χ4v) is 1.51. The number of rotatable bonds is 2. The number of nitriles is 1. The van der Waals surface area contributed by atoms with Crippen LogP contribution < -0.4 is 5.32 Å². The minimum atomic E-state index is -0.768. The van der Waals surface area contributed by atoms with Crippen LogP contribution in [0.15, 0.2) is 18.2 Å². The van der Waals surface area contributed by atoms with E-state index < -0.39 is 23.6 Å². The predicted octanol–water partition coefficient (Wildman–Crippen LogP) is 3.28. The Morgan fingerprint density at radius 2 is 2.11 bits per heavy atom. The molecule has 0 radical (unpaired) electrons. The zero-order valence-corrected chi connectivity index (χ0v) is 11.5. The molecule has 0 aromatic heterocycles. The number of nitrogens with one attached hydrogen (secondary N) is 1. The number of benzene rings is 1. The molecule has 0 saturated carbocycles. The average molecular weight is 264 g/mol. The summed E-state index contributed by atoms with van der Waals surface area (Å²) in [5, 5.41) is 11.4. The maximum atomic E-state index is 13.9. The number of hydrogen-bond acceptors (Lipinski definition) is 3. The molecule has 0 spiro atoms. The Morgan fingerprint density at radius 1 is 1.47 bits per heavy atom. The average Bonchev–Trinajstić information content (AvgIpc) is 2.26. The highest BCUT2D eigenvalue weighted by atomic mass is 19.1. The zero-order chi connectivity index (χ0) is 14.6. The van der Waals surface area contributed by atoms with Gasteiger partial charge in [0.1, 0.15) is 18.0 Å². The monoisotopic (exact) mass is 264 g/mol. The van der Waals surface area contributed by atoms with Crippen LogP contribution in [-0.4, -0.2) is 11.6 Å². The Bertz CT molecular complexity index is 515. The quantitative estimate of drug-likeness (QED) is 0.891. The lowest BCUT2D eigenvalue weighted by Gasteiger charge is -2.22. The summed E-state index contributed by atoms with van der Waals surface area (Å²) in [4.78, 5) is 11.6. The molecule has 1 aromatic carbocycles. The van der Waals surface area contributed by atoms with Crippen LogP contribution in [0.2, 0.25) is 0 Å². The van der Waals surface area contributed by atoms with E-state index in [2.05, 4.69) is 5.32 Å². The number of halogens is 1. The third kappa shape index (κ3) is 4.25. The fourth-order valence-electron chi connectivity index (χ4n) is 1.51. The Kier molecular flexibility index (Phi) is 4.49. The lowest BCUT2D eigenvalue weighted by Crippen LogP contribution is -2.41. The van der Waals surface area contributed by atoms with Crippen LogP contribution >= 0.6 is 0 Å². The molecule has 19 heavy (non-hydrogen) atoms. The summed E-state index contributed by atoms with van der Waals surface area (Å²) in [6.45, 7) is 7.00. The molecule has 4 nitrogen and oxygen atoms in total. The molecule has 1 N–H and O–H groups in total. The van der Waals surface area contributed by atoms with Crippen LogP contribution in [0.25, 0.3) is 0 Å². The molecule has 1 atom stereocenters. The van der Waals surface area contributed by atoms with Crippen molar-refractivity contribution in [1.82, 2.24) is 5.32 Å². The van der Waals surface area contributed by atoms with E-state index in [1.807, 2.05) is 20.8 Å². The molecule has 0 fully saturated rings. The second-order valence-electron chi connectivity index (χ2n) is 5.24. The molecule has 102 valence electrons. The summed E-state index contributed by atoms with van der Waals surface area (Å²) in [5.74, 6) is -0.652. The highest BCUT2D eigenvalue weighted by molar-refractivity contribution is 5.68. The number of ether oxygens (including phenoxy) is 1. The molecular formula is C14H17FN2O2. The third-order valence-corrected chi connectivity index (χ3v) is 2.35. The van der Waals surface area contributed by atoms with Crippen molar-refractivity contribution in [3.8, 4) is 6.07 Å². The summed E-state index contributed by atoms with van der Waals surface area (Å²) < 4.78 is 19.0. The van der Waals surface area contributed by atoms with E-state index in [1.54, 1.807) is 19.1 Å². The number of carbonyl (C=O) groups excluding carboxylic acids is 1. The number of hydrogen-bond donors (Lipinski definition) is 1. The Hall–Kier alpha value is -2.09. The second kappa shape index (κ2) is 5.70. The van der Waals surface area contributed by atoms with Gasteiger partial charge in [0, 0.05) is 11.1 Å². The zero-order valence-electron chi connectivity index (χ0n) is 11.5. The smallest absolute Gasteiger partial charge is 0.408 e. The molecule has 0 bridgehead atoms. The lowest BCUT2D eigenvalue weighted by atomic mass is 10.1. The fraction of sp³-hybridized carbons (Fsp3) is 0.429. The molecule has 0 aliphatic rings. The van der Waals surface area contributed by atoms with Crippen molar-refractivity contribution in [3.63, 3.8) is 0 Å². The van der Waals surface area contributed by atoms with E-state index >= 15 is 0 Å². The summed E-state index contributed by atoms with van der Waals surface area (Å²) in [6.07, 6.45) is -1.39. The number of carbonyl (C=O) groups is 1. The van der Waals surface area contributed by atoms with Crippen molar-refractivity contribution in [2.75, 3.05) is 0 Å². The van der Waals surface area contributed by atoms with Gasteiger partial charge >= 0.3 is 6.09 Å². The molecule has 0 heterocycles. The Labute approximate surface area is 112 Å². The topological polar surface area (TPSA) is 62.1 Å². The van der Waals surface area contributed by atoms with Gasteiger partial charge in [-0.25, -0.2) is 9.18 Å². The summed E-state index contributed by atoms with van der Waals surface area (Å²) in [5.41, 5.74) is -0.309. The van der Waals surface area contributed by atoms with Gasteiger partial charge in [0.05, 0.1) is 5.56 Å². The van der Waals surface area contributed by atoms with Crippen LogP contribution in [0.3, 0.4) is 0 Å². The van der Waals surface area contributed by atoms with E-state index in [0.717, 1.165) is 0 Å². The molecule has 1 rings (SSSR count). The van der Waals surface area contributed by atoms with E-state index in [9.17, 15) is 9.18 Å². The van der Waals surface area contributed by atoms with Gasteiger partial charge in [-0.2, -0.15) is 5.26 Å². The summed E-state index contributed by atoms with van der Waals surface area (Å²) in [7, 11) is 0. The number of amides is 1. The molecule has 0 aliphatic heterocycles. The van der Waals surface area contributed by atoms with Crippen molar-refractivity contribution in [2.45, 2.75) is 39.3 Å². The maximum absolute atomic E-state index is 13.9. The van der Waals surface area contributed by atoms with Crippen LogP contribution in [-0.2, 0) is 4.74 Å². The molecular weight excluding hydrogens is 247 g/mol. The van der Waals surface area contributed by atoms with Gasteiger partial charge in [0.25, 0.3) is 0 Å². The normalized spacial score (nSPS) is 12.4. The van der Waals surface area contributed by atoms with Crippen LogP contribution in [0, 0.1) is 17.1 Å². The Morgan fingerprint density at radius 3 is 2.63 bits per heavy atom. The standard InChI is InChI=1S/C14H17FN2O2/c1-9(19-13(18)17-14(2,3)4)11-7-5-6-10(8-16)12(11)15/h5-7,9H,1-4H3,(H,17,18). The van der Waals surface area contributed by atoms with Crippen LogP contribution in [0.5, 0.6) is 0 Å². The Balaban J connectivity index is 2.82. The number of nitrogens with zero attached hydrogens (tertiary/aromatic N) is 1. The first kappa shape index (κ1) is 15.0. The SMILES string of the molecule is CC(OC(=O)NC(C)(C)C)c1cccc(C#N)c1F. The van der Waals surface area contributed by atoms with Crippen molar-refractivity contribution in [3.05, 3.63) is 35.1 Å². The third-order valence-electron chi connectivity index (χ3n) is 2.35. The second-order valence-corrected chi connectivity index (χ2v) is 5.24. The summed E-state index contributed by atoms with van der Waals surface area (Å²) >= 11 is 0. The first-order valence-electron chi connectivity index (χ1n) is 5.92. The first-order chi connectivity index (χ1) is 8.74. The minimum absolute atomic E-state index is 0.0656. The van der Waals surface area contributed by atoms with Crippen molar-refractivity contribution in [2.24, 2.45) is 0 Å². The highest BCUT2D eigenvalue weighted by Gasteiger charge is 2.20. The highest BCUT2D eigenvalue weighted by Crippen LogP contribution is 2.22. The van der Waals surface area contributed by atoms with Gasteiger partial charge in [-0.3, -0.25) is 0 Å². The van der Waals surface area contributed by atoms with Crippen LogP contribution in [0.1, 0.15) is 44.9 Å². The van der Waals surface area contributed by atoms with Crippen molar-refractivity contribution >= 4 is 6.09 Å². The van der Waals surface area contributed by atoms with Gasteiger partial charge in [-0.05, 0) is 33.8 Å². The van der Waals surface area contributed by atoms with E-state index in [-0.39, 0.29) is 11.1 Å². The molecule has 0 aliphatic carbocycles. The molecule has 5 heteroatoms. The van der Waals surface area contributed by atoms with E-state index in [4.69, 9.17) is 10.00 Å². The van der Waals surface area contributed by atoms with E-state index in [1.165, 1.54) is 12.1 Å². The van der Waals surface area contributed by atoms with Gasteiger partial charge < -0.3 is 10.1 Å². The predicted molar refractivity (Wildman–Crippen MR) is 68.9 cm³/mol. The minimum Gasteiger partial charge on any atom is -0.442 e. The van der Waals surface area contributed by atoms with Gasteiger partial charge in [-0.1, -0.05) is 12.1 Å². The maximum Gasteiger partial charge on any atom is 0.408 e. The number of alkyl carbamates (subject to hydrolysis) is 1.